The van der Waals surface area contributed by atoms with Crippen molar-refractivity contribution in [1.29, 1.82) is 0 Å². The molecule has 0 saturated heterocycles. The molecule has 0 saturated carbocycles. The summed E-state index contributed by atoms with van der Waals surface area (Å²) in [6.45, 7) is 0.366. The normalized spacial score (nSPS) is 12.6. The Morgan fingerprint density at radius 3 is 2.43 bits per heavy atom. The molecule has 0 amide bonds. The first kappa shape index (κ1) is 22.0. The van der Waals surface area contributed by atoms with Crippen LogP contribution in [0.15, 0.2) is 72.1 Å². The zero-order valence-corrected chi connectivity index (χ0v) is 17.7. The van der Waals surface area contributed by atoms with E-state index in [1.54, 1.807) is 23.3 Å². The summed E-state index contributed by atoms with van der Waals surface area (Å²) in [5.41, 5.74) is 1.80. The highest BCUT2D eigenvalue weighted by Crippen LogP contribution is 2.21. The van der Waals surface area contributed by atoms with Gasteiger partial charge in [0.25, 0.3) is 0 Å². The number of sulfonamides is 1. The molecule has 3 aromatic rings. The van der Waals surface area contributed by atoms with Gasteiger partial charge in [-0.15, -0.1) is 0 Å². The van der Waals surface area contributed by atoms with Gasteiger partial charge in [0.1, 0.15) is 0 Å². The van der Waals surface area contributed by atoms with Crippen LogP contribution >= 0.6 is 11.6 Å². The number of aliphatic carboxylic acids is 1. The van der Waals surface area contributed by atoms with Crippen molar-refractivity contribution in [3.63, 3.8) is 0 Å². The van der Waals surface area contributed by atoms with Gasteiger partial charge in [-0.3, -0.25) is 4.79 Å². The molecule has 1 aromatic heterocycles. The minimum Gasteiger partial charge on any atom is -0.481 e. The lowest BCUT2D eigenvalue weighted by Crippen LogP contribution is -2.31. The maximum absolute atomic E-state index is 12.9. The maximum atomic E-state index is 12.9. The van der Waals surface area contributed by atoms with Crippen LogP contribution in [0.25, 0.3) is 0 Å². The number of nitrogens with zero attached hydrogens (tertiary/aromatic N) is 2. The van der Waals surface area contributed by atoms with E-state index in [4.69, 9.17) is 16.7 Å². The van der Waals surface area contributed by atoms with Crippen molar-refractivity contribution in [2.75, 3.05) is 0 Å². The second-order valence-corrected chi connectivity index (χ2v) is 9.03. The number of rotatable bonds is 10. The minimum atomic E-state index is -3.77. The summed E-state index contributed by atoms with van der Waals surface area (Å²) in [6.07, 6.45) is 6.35. The summed E-state index contributed by atoms with van der Waals surface area (Å²) in [5.74, 6) is -0.816. The van der Waals surface area contributed by atoms with Gasteiger partial charge in [-0.05, 0) is 48.2 Å². The van der Waals surface area contributed by atoms with E-state index < -0.39 is 22.0 Å². The third kappa shape index (κ3) is 6.16. The molecule has 1 unspecified atom stereocenters. The summed E-state index contributed by atoms with van der Waals surface area (Å²) in [6, 6.07) is 13.0. The number of nitrogens with one attached hydrogen (secondary N) is 1. The molecular weight excluding hydrogens is 426 g/mol. The van der Waals surface area contributed by atoms with Gasteiger partial charge in [-0.1, -0.05) is 35.9 Å². The SMILES string of the molecule is O=C(O)CCCc1ccc(C(Cn2ccnc2)NS(=O)(=O)c2ccc(Cl)cc2)cc1. The topological polar surface area (TPSA) is 101 Å². The summed E-state index contributed by atoms with van der Waals surface area (Å²) in [5, 5.41) is 9.23. The Morgan fingerprint density at radius 2 is 1.83 bits per heavy atom. The number of carbonyl (C=O) groups is 1. The van der Waals surface area contributed by atoms with Crippen LogP contribution in [-0.2, 0) is 27.8 Å². The van der Waals surface area contributed by atoms with E-state index in [-0.39, 0.29) is 11.3 Å². The van der Waals surface area contributed by atoms with Crippen LogP contribution in [-0.4, -0.2) is 29.0 Å². The van der Waals surface area contributed by atoms with Gasteiger partial charge in [-0.2, -0.15) is 0 Å². The number of halogens is 1. The Balaban J connectivity index is 1.80. The second kappa shape index (κ2) is 9.88. The highest BCUT2D eigenvalue weighted by molar-refractivity contribution is 7.89. The molecule has 30 heavy (non-hydrogen) atoms. The van der Waals surface area contributed by atoms with Crippen LogP contribution in [0.1, 0.15) is 30.0 Å². The first-order chi connectivity index (χ1) is 14.3. The molecule has 0 aliphatic carbocycles. The molecular formula is C21H22ClN3O4S. The third-order valence-electron chi connectivity index (χ3n) is 4.61. The molecule has 158 valence electrons. The summed E-state index contributed by atoms with van der Waals surface area (Å²) in [7, 11) is -3.77. The number of benzene rings is 2. The molecule has 9 heteroatoms. The average molecular weight is 448 g/mol. The van der Waals surface area contributed by atoms with Crippen LogP contribution in [0, 0.1) is 0 Å². The number of aromatic nitrogens is 2. The highest BCUT2D eigenvalue weighted by atomic mass is 35.5. The Hall–Kier alpha value is -2.68. The number of hydrogen-bond donors (Lipinski definition) is 2. The van der Waals surface area contributed by atoms with Crippen molar-refractivity contribution in [2.24, 2.45) is 0 Å². The second-order valence-electron chi connectivity index (χ2n) is 6.88. The lowest BCUT2D eigenvalue weighted by molar-refractivity contribution is -0.137. The Bertz CT molecular complexity index is 1070. The number of hydrogen-bond acceptors (Lipinski definition) is 4. The van der Waals surface area contributed by atoms with Crippen molar-refractivity contribution in [3.05, 3.63) is 83.4 Å². The fourth-order valence-electron chi connectivity index (χ4n) is 3.05. The van der Waals surface area contributed by atoms with Crippen LogP contribution in [0.4, 0.5) is 0 Å². The van der Waals surface area contributed by atoms with E-state index in [0.717, 1.165) is 11.1 Å². The van der Waals surface area contributed by atoms with Gasteiger partial charge >= 0.3 is 5.97 Å². The molecule has 2 aromatic carbocycles. The zero-order valence-electron chi connectivity index (χ0n) is 16.1. The lowest BCUT2D eigenvalue weighted by Gasteiger charge is -2.20. The number of carboxylic acids is 1. The largest absolute Gasteiger partial charge is 0.481 e. The van der Waals surface area contributed by atoms with Gasteiger partial charge in [0.15, 0.2) is 0 Å². The lowest BCUT2D eigenvalue weighted by atomic mass is 10.0. The Labute approximate surface area is 180 Å². The van der Waals surface area contributed by atoms with E-state index >= 15 is 0 Å². The number of imidazole rings is 1. The van der Waals surface area contributed by atoms with Gasteiger partial charge in [-0.25, -0.2) is 18.1 Å². The monoisotopic (exact) mass is 447 g/mol. The van der Waals surface area contributed by atoms with Gasteiger partial charge in [0.2, 0.25) is 10.0 Å². The Morgan fingerprint density at radius 1 is 1.13 bits per heavy atom. The first-order valence-electron chi connectivity index (χ1n) is 9.38. The van der Waals surface area contributed by atoms with Crippen LogP contribution in [0.3, 0.4) is 0 Å². The molecule has 1 heterocycles. The smallest absolute Gasteiger partial charge is 0.303 e. The molecule has 0 radical (unpaired) electrons. The fraction of sp³-hybridized carbons (Fsp3) is 0.238. The van der Waals surface area contributed by atoms with Crippen LogP contribution < -0.4 is 4.72 Å². The van der Waals surface area contributed by atoms with E-state index in [1.807, 2.05) is 24.3 Å². The fourth-order valence-corrected chi connectivity index (χ4v) is 4.39. The quantitative estimate of drug-likeness (QED) is 0.493. The predicted molar refractivity (Wildman–Crippen MR) is 114 cm³/mol. The number of carboxylic acid groups (broad SMARTS) is 1. The van der Waals surface area contributed by atoms with E-state index in [2.05, 4.69) is 9.71 Å². The summed E-state index contributed by atoms with van der Waals surface area (Å²) < 4.78 is 30.4. The summed E-state index contributed by atoms with van der Waals surface area (Å²) >= 11 is 5.87. The van der Waals surface area contributed by atoms with Gasteiger partial charge in [0, 0.05) is 30.4 Å². The van der Waals surface area contributed by atoms with E-state index in [0.29, 0.717) is 24.4 Å². The van der Waals surface area contributed by atoms with Crippen molar-refractivity contribution < 1.29 is 18.3 Å². The molecule has 0 aliphatic heterocycles. The molecule has 3 rings (SSSR count). The zero-order chi connectivity index (χ0) is 21.6. The van der Waals surface area contributed by atoms with E-state index in [9.17, 15) is 13.2 Å². The van der Waals surface area contributed by atoms with Gasteiger partial charge < -0.3 is 9.67 Å². The highest BCUT2D eigenvalue weighted by Gasteiger charge is 2.22. The number of aryl methyl sites for hydroxylation is 1. The van der Waals surface area contributed by atoms with Crippen molar-refractivity contribution in [1.82, 2.24) is 14.3 Å². The first-order valence-corrected chi connectivity index (χ1v) is 11.2. The predicted octanol–water partition coefficient (Wildman–Crippen LogP) is 3.66. The van der Waals surface area contributed by atoms with Gasteiger partial charge in [0.05, 0.1) is 17.3 Å². The molecule has 7 nitrogen and oxygen atoms in total. The Kier molecular flexibility index (Phi) is 7.25. The van der Waals surface area contributed by atoms with Crippen molar-refractivity contribution in [3.8, 4) is 0 Å². The standard InChI is InChI=1S/C21H22ClN3O4S/c22-18-8-10-19(11-9-18)30(28,29)24-20(14-25-13-12-23-15-25)17-6-4-16(5-7-17)2-1-3-21(26)27/h4-13,15,20,24H,1-3,14H2,(H,26,27). The molecule has 2 N–H and O–H groups in total. The maximum Gasteiger partial charge on any atom is 0.303 e. The molecule has 0 aliphatic rings. The van der Waals surface area contributed by atoms with Crippen molar-refractivity contribution in [2.45, 2.75) is 36.7 Å². The van der Waals surface area contributed by atoms with Crippen molar-refractivity contribution >= 4 is 27.6 Å². The van der Waals surface area contributed by atoms with E-state index in [1.165, 1.54) is 24.3 Å². The summed E-state index contributed by atoms with van der Waals surface area (Å²) in [4.78, 5) is 14.8. The average Bonchev–Trinajstić information content (AvgIpc) is 3.21. The van der Waals surface area contributed by atoms with Crippen LogP contribution in [0.2, 0.25) is 5.02 Å². The minimum absolute atomic E-state index is 0.117. The molecule has 0 fully saturated rings. The molecule has 0 spiro atoms. The van der Waals surface area contributed by atoms with Crippen LogP contribution in [0.5, 0.6) is 0 Å². The molecule has 0 bridgehead atoms. The molecule has 1 atom stereocenters. The third-order valence-corrected chi connectivity index (χ3v) is 6.35.